The van der Waals surface area contributed by atoms with Gasteiger partial charge in [-0.2, -0.15) is 0 Å². The van der Waals surface area contributed by atoms with Crippen molar-refractivity contribution in [2.75, 3.05) is 12.3 Å². The summed E-state index contributed by atoms with van der Waals surface area (Å²) in [5.74, 6) is 2.01. The van der Waals surface area contributed by atoms with Gasteiger partial charge in [-0.1, -0.05) is 53.4 Å². The van der Waals surface area contributed by atoms with E-state index in [0.29, 0.717) is 0 Å². The molecule has 0 saturated carbocycles. The largest absolute Gasteiger partial charge is 0.122 e. The first-order chi connectivity index (χ1) is 6.28. The fourth-order valence-corrected chi connectivity index (χ4v) is 3.78. The summed E-state index contributed by atoms with van der Waals surface area (Å²) in [5, 5.41) is 0. The van der Waals surface area contributed by atoms with E-state index >= 15 is 0 Å². The summed E-state index contributed by atoms with van der Waals surface area (Å²) in [6, 6.07) is 0. The third kappa shape index (κ3) is 6.49. The molecule has 0 aromatic carbocycles. The maximum Gasteiger partial charge on any atom is -0.0325 e. The minimum absolute atomic E-state index is 1.01. The van der Waals surface area contributed by atoms with E-state index in [-0.39, 0.29) is 0 Å². The Hall–Kier alpha value is 0.430. The van der Waals surface area contributed by atoms with E-state index in [1.807, 2.05) is 0 Å². The van der Waals surface area contributed by atoms with E-state index in [1.165, 1.54) is 46.6 Å². The molecule has 0 nitrogen and oxygen atoms in total. The van der Waals surface area contributed by atoms with Crippen LogP contribution in [0.2, 0.25) is 0 Å². The van der Waals surface area contributed by atoms with Gasteiger partial charge in [0, 0.05) is 0 Å². The molecule has 0 heterocycles. The molecular weight excluding hydrogens is 175 g/mol. The molecule has 0 rings (SSSR count). The van der Waals surface area contributed by atoms with Crippen molar-refractivity contribution >= 4 is 8.58 Å². The van der Waals surface area contributed by atoms with E-state index in [1.54, 1.807) is 0 Å². The molecule has 0 fully saturated rings. The monoisotopic (exact) mass is 202 g/mol. The Morgan fingerprint density at radius 2 is 1.00 bits per heavy atom. The van der Waals surface area contributed by atoms with E-state index in [9.17, 15) is 0 Å². The van der Waals surface area contributed by atoms with Crippen LogP contribution in [0, 0.1) is 11.8 Å². The summed E-state index contributed by atoms with van der Waals surface area (Å²) in [6.45, 7) is 9.32. The molecule has 1 heteroatoms. The van der Waals surface area contributed by atoms with Gasteiger partial charge < -0.3 is 0 Å². The van der Waals surface area contributed by atoms with Crippen molar-refractivity contribution in [2.45, 2.75) is 53.4 Å². The average Bonchev–Trinajstić information content (AvgIpc) is 2.19. The molecule has 0 N–H and O–H groups in total. The first-order valence-corrected chi connectivity index (χ1v) is 7.40. The molecule has 0 saturated heterocycles. The lowest BCUT2D eigenvalue weighted by Crippen LogP contribution is -2.04. The quantitative estimate of drug-likeness (QED) is 0.507. The van der Waals surface area contributed by atoms with Gasteiger partial charge in [0.1, 0.15) is 0 Å². The molecule has 0 radical (unpaired) electrons. The average molecular weight is 202 g/mol. The second-order valence-corrected chi connectivity index (χ2v) is 5.34. The normalized spacial score (nSPS) is 11.5. The molecule has 0 aromatic rings. The molecule has 0 atom stereocenters. The second-order valence-electron chi connectivity index (χ2n) is 4.02. The number of hydrogen-bond donors (Lipinski definition) is 0. The van der Waals surface area contributed by atoms with Crippen molar-refractivity contribution in [1.82, 2.24) is 0 Å². The molecule has 0 aliphatic heterocycles. The molecule has 0 aliphatic rings. The Morgan fingerprint density at radius 1 is 0.692 bits per heavy atom. The van der Waals surface area contributed by atoms with Crippen LogP contribution in [0.1, 0.15) is 53.4 Å². The maximum absolute atomic E-state index is 2.33. The van der Waals surface area contributed by atoms with Crippen LogP contribution in [0.25, 0.3) is 0 Å². The van der Waals surface area contributed by atoms with Gasteiger partial charge in [0.05, 0.1) is 0 Å². The summed E-state index contributed by atoms with van der Waals surface area (Å²) < 4.78 is 0. The summed E-state index contributed by atoms with van der Waals surface area (Å²) in [6.07, 6.45) is 8.50. The second kappa shape index (κ2) is 9.00. The maximum atomic E-state index is 2.33. The van der Waals surface area contributed by atoms with Crippen molar-refractivity contribution in [3.8, 4) is 0 Å². The van der Waals surface area contributed by atoms with Gasteiger partial charge >= 0.3 is 0 Å². The SMILES string of the molecule is CCC(CC)CPCC(CC)CC. The fourth-order valence-electron chi connectivity index (χ4n) is 1.65. The van der Waals surface area contributed by atoms with E-state index in [0.717, 1.165) is 11.8 Å². The Kier molecular flexibility index (Phi) is 9.30. The highest BCUT2D eigenvalue weighted by molar-refractivity contribution is 7.38. The highest BCUT2D eigenvalue weighted by Crippen LogP contribution is 2.25. The minimum atomic E-state index is 1.01. The van der Waals surface area contributed by atoms with Gasteiger partial charge in [-0.25, -0.2) is 0 Å². The Balaban J connectivity index is 3.41. The van der Waals surface area contributed by atoms with Crippen molar-refractivity contribution in [1.29, 1.82) is 0 Å². The van der Waals surface area contributed by atoms with Crippen LogP contribution < -0.4 is 0 Å². The van der Waals surface area contributed by atoms with Gasteiger partial charge in [0.15, 0.2) is 0 Å². The predicted octanol–water partition coefficient (Wildman–Crippen LogP) is 4.54. The van der Waals surface area contributed by atoms with Crippen LogP contribution in [0.4, 0.5) is 0 Å². The fraction of sp³-hybridized carbons (Fsp3) is 1.00. The van der Waals surface area contributed by atoms with Crippen molar-refractivity contribution < 1.29 is 0 Å². The van der Waals surface area contributed by atoms with Crippen LogP contribution >= 0.6 is 8.58 Å². The van der Waals surface area contributed by atoms with Crippen LogP contribution in [0.15, 0.2) is 0 Å². The molecule has 0 spiro atoms. The molecule has 0 aromatic heterocycles. The van der Waals surface area contributed by atoms with Gasteiger partial charge in [0.25, 0.3) is 0 Å². The highest BCUT2D eigenvalue weighted by Gasteiger charge is 2.06. The van der Waals surface area contributed by atoms with Gasteiger partial charge in [-0.05, 0) is 24.2 Å². The topological polar surface area (TPSA) is 0 Å². The Bertz CT molecular complexity index is 81.3. The van der Waals surface area contributed by atoms with Gasteiger partial charge in [0.2, 0.25) is 0 Å². The first kappa shape index (κ1) is 13.4. The molecule has 0 bridgehead atoms. The number of rotatable bonds is 8. The molecule has 13 heavy (non-hydrogen) atoms. The zero-order chi connectivity index (χ0) is 10.1. The molecular formula is C12H27P. The van der Waals surface area contributed by atoms with Crippen molar-refractivity contribution in [3.63, 3.8) is 0 Å². The Morgan fingerprint density at radius 3 is 1.23 bits per heavy atom. The predicted molar refractivity (Wildman–Crippen MR) is 66.2 cm³/mol. The standard InChI is InChI=1S/C12H27P/c1-5-11(6-2)9-13-10-12(7-3)8-4/h11-13H,5-10H2,1-4H3. The molecule has 80 valence electrons. The zero-order valence-corrected chi connectivity index (χ0v) is 10.9. The lowest BCUT2D eigenvalue weighted by Gasteiger charge is -2.15. The summed E-state index contributed by atoms with van der Waals surface area (Å²) in [5.41, 5.74) is 0. The van der Waals surface area contributed by atoms with Gasteiger partial charge in [-0.15, -0.1) is 8.58 Å². The third-order valence-corrected chi connectivity index (χ3v) is 4.91. The lowest BCUT2D eigenvalue weighted by atomic mass is 10.1. The van der Waals surface area contributed by atoms with Crippen LogP contribution in [0.5, 0.6) is 0 Å². The summed E-state index contributed by atoms with van der Waals surface area (Å²) in [7, 11) is 1.22. The minimum Gasteiger partial charge on any atom is -0.122 e. The van der Waals surface area contributed by atoms with E-state index in [4.69, 9.17) is 0 Å². The van der Waals surface area contributed by atoms with E-state index in [2.05, 4.69) is 27.7 Å². The zero-order valence-electron chi connectivity index (χ0n) is 9.90. The molecule has 0 aliphatic carbocycles. The summed E-state index contributed by atoms with van der Waals surface area (Å²) >= 11 is 0. The number of hydrogen-bond acceptors (Lipinski definition) is 0. The summed E-state index contributed by atoms with van der Waals surface area (Å²) in [4.78, 5) is 0. The lowest BCUT2D eigenvalue weighted by molar-refractivity contribution is 0.537. The van der Waals surface area contributed by atoms with Gasteiger partial charge in [-0.3, -0.25) is 0 Å². The van der Waals surface area contributed by atoms with Crippen LogP contribution in [0.3, 0.4) is 0 Å². The third-order valence-electron chi connectivity index (χ3n) is 3.18. The molecule has 0 amide bonds. The van der Waals surface area contributed by atoms with E-state index < -0.39 is 0 Å². The van der Waals surface area contributed by atoms with Crippen LogP contribution in [-0.4, -0.2) is 12.3 Å². The first-order valence-electron chi connectivity index (χ1n) is 5.99. The Labute approximate surface area is 86.7 Å². The van der Waals surface area contributed by atoms with Crippen molar-refractivity contribution in [2.24, 2.45) is 11.8 Å². The van der Waals surface area contributed by atoms with Crippen LogP contribution in [-0.2, 0) is 0 Å². The highest BCUT2D eigenvalue weighted by atomic mass is 31.1. The van der Waals surface area contributed by atoms with Crippen molar-refractivity contribution in [3.05, 3.63) is 0 Å². The smallest absolute Gasteiger partial charge is 0.0325 e. The molecule has 0 unspecified atom stereocenters.